The number of nitrogens with zero attached hydrogens (tertiary/aromatic N) is 1. The van der Waals surface area contributed by atoms with Crippen molar-refractivity contribution in [3.63, 3.8) is 0 Å². The lowest BCUT2D eigenvalue weighted by molar-refractivity contribution is -0.138. The van der Waals surface area contributed by atoms with Gasteiger partial charge < -0.3 is 15.1 Å². The van der Waals surface area contributed by atoms with Crippen molar-refractivity contribution in [3.05, 3.63) is 33.6 Å². The summed E-state index contributed by atoms with van der Waals surface area (Å²) in [4.78, 5) is 30.6. The van der Waals surface area contributed by atoms with Crippen LogP contribution in [0.4, 0.5) is 0 Å². The summed E-state index contributed by atoms with van der Waals surface area (Å²) in [5.74, 6) is -1.33. The van der Waals surface area contributed by atoms with E-state index in [1.165, 1.54) is 19.4 Å². The SMILES string of the molecule is Cc1[nH]c(=O)sc1S(=O)(=O)N[C@H](Cc1cnc[nH]1)C(=O)O. The molecule has 0 spiro atoms. The molecule has 0 radical (unpaired) electrons. The Hall–Kier alpha value is -1.98. The zero-order valence-electron chi connectivity index (χ0n) is 10.8. The Bertz CT molecular complexity index is 790. The van der Waals surface area contributed by atoms with Gasteiger partial charge in [-0.2, -0.15) is 4.72 Å². The predicted molar refractivity (Wildman–Crippen MR) is 73.7 cm³/mol. The van der Waals surface area contributed by atoms with Crippen molar-refractivity contribution >= 4 is 27.3 Å². The molecule has 0 fully saturated rings. The average Bonchev–Trinajstić information content (AvgIpc) is 2.98. The van der Waals surface area contributed by atoms with Gasteiger partial charge in [-0.05, 0) is 6.92 Å². The van der Waals surface area contributed by atoms with Crippen molar-refractivity contribution in [1.29, 1.82) is 0 Å². The van der Waals surface area contributed by atoms with Gasteiger partial charge in [0.05, 0.1) is 6.33 Å². The molecule has 2 heterocycles. The molecule has 0 aliphatic carbocycles. The number of carbonyl (C=O) groups is 1. The molecule has 2 aromatic heterocycles. The van der Waals surface area contributed by atoms with Gasteiger partial charge in [0.25, 0.3) is 10.0 Å². The Kier molecular flexibility index (Phi) is 4.25. The summed E-state index contributed by atoms with van der Waals surface area (Å²) in [5.41, 5.74) is 0.646. The number of rotatable bonds is 6. The Balaban J connectivity index is 2.25. The van der Waals surface area contributed by atoms with E-state index in [1.807, 2.05) is 0 Å². The molecule has 0 bridgehead atoms. The fraction of sp³-hybridized carbons (Fsp3) is 0.300. The number of nitrogens with one attached hydrogen (secondary N) is 3. The van der Waals surface area contributed by atoms with E-state index in [0.717, 1.165) is 0 Å². The highest BCUT2D eigenvalue weighted by Gasteiger charge is 2.28. The zero-order chi connectivity index (χ0) is 15.6. The Morgan fingerprint density at radius 1 is 1.57 bits per heavy atom. The first-order valence-corrected chi connectivity index (χ1v) is 8.01. The number of hydrogen-bond donors (Lipinski definition) is 4. The summed E-state index contributed by atoms with van der Waals surface area (Å²) < 4.78 is 26.2. The van der Waals surface area contributed by atoms with Gasteiger partial charge in [-0.3, -0.25) is 9.59 Å². The monoisotopic (exact) mass is 332 g/mol. The van der Waals surface area contributed by atoms with Crippen LogP contribution in [0.25, 0.3) is 0 Å². The van der Waals surface area contributed by atoms with Crippen LogP contribution in [-0.4, -0.2) is 40.5 Å². The number of aliphatic carboxylic acids is 1. The Labute approximate surface area is 123 Å². The van der Waals surface area contributed by atoms with Gasteiger partial charge >= 0.3 is 10.8 Å². The predicted octanol–water partition coefficient (Wildman–Crippen LogP) is -0.558. The minimum absolute atomic E-state index is 0.0903. The normalized spacial score (nSPS) is 13.2. The van der Waals surface area contributed by atoms with Gasteiger partial charge in [-0.15, -0.1) is 0 Å². The number of thiazole rings is 1. The smallest absolute Gasteiger partial charge is 0.322 e. The van der Waals surface area contributed by atoms with E-state index >= 15 is 0 Å². The molecule has 0 aliphatic rings. The zero-order valence-corrected chi connectivity index (χ0v) is 12.4. The highest BCUT2D eigenvalue weighted by Crippen LogP contribution is 2.16. The van der Waals surface area contributed by atoms with Crippen LogP contribution in [-0.2, 0) is 21.2 Å². The minimum atomic E-state index is -4.10. The van der Waals surface area contributed by atoms with Crippen LogP contribution in [0.3, 0.4) is 0 Å². The van der Waals surface area contributed by atoms with E-state index in [9.17, 15) is 18.0 Å². The number of aromatic amines is 2. The molecular weight excluding hydrogens is 320 g/mol. The van der Waals surface area contributed by atoms with Gasteiger partial charge in [0, 0.05) is 24.0 Å². The molecule has 114 valence electrons. The van der Waals surface area contributed by atoms with Crippen molar-refractivity contribution in [2.24, 2.45) is 0 Å². The fourth-order valence-electron chi connectivity index (χ4n) is 1.68. The highest BCUT2D eigenvalue weighted by atomic mass is 32.2. The highest BCUT2D eigenvalue weighted by molar-refractivity contribution is 7.91. The molecule has 1 atom stereocenters. The number of H-pyrrole nitrogens is 2. The van der Waals surface area contributed by atoms with Crippen LogP contribution in [0, 0.1) is 6.92 Å². The molecule has 21 heavy (non-hydrogen) atoms. The lowest BCUT2D eigenvalue weighted by Gasteiger charge is -2.13. The van der Waals surface area contributed by atoms with Gasteiger partial charge in [-0.1, -0.05) is 11.3 Å². The van der Waals surface area contributed by atoms with Gasteiger partial charge in [0.2, 0.25) is 0 Å². The second-order valence-electron chi connectivity index (χ2n) is 4.22. The standard InChI is InChI=1S/C10H12N4O5S2/c1-5-9(20-10(17)13-5)21(18,19)14-7(8(15)16)2-6-3-11-4-12-6/h3-4,7,14H,2H2,1H3,(H,11,12)(H,13,17)(H,15,16)/t7-/m1/s1. The lowest BCUT2D eigenvalue weighted by atomic mass is 10.2. The molecule has 2 aromatic rings. The molecule has 0 saturated heterocycles. The van der Waals surface area contributed by atoms with Crippen molar-refractivity contribution in [1.82, 2.24) is 19.7 Å². The summed E-state index contributed by atoms with van der Waals surface area (Å²) >= 11 is 0.508. The lowest BCUT2D eigenvalue weighted by Crippen LogP contribution is -2.42. The van der Waals surface area contributed by atoms with Crippen LogP contribution >= 0.6 is 11.3 Å². The van der Waals surface area contributed by atoms with E-state index in [1.54, 1.807) is 0 Å². The number of aromatic nitrogens is 3. The summed E-state index contributed by atoms with van der Waals surface area (Å²) in [6, 6.07) is -1.37. The first-order valence-electron chi connectivity index (χ1n) is 5.71. The largest absolute Gasteiger partial charge is 0.480 e. The molecule has 0 saturated carbocycles. The summed E-state index contributed by atoms with van der Waals surface area (Å²) in [6.07, 6.45) is 2.68. The minimum Gasteiger partial charge on any atom is -0.480 e. The number of carboxylic acids is 1. The van der Waals surface area contributed by atoms with Crippen LogP contribution in [0.1, 0.15) is 11.4 Å². The Morgan fingerprint density at radius 3 is 2.76 bits per heavy atom. The third kappa shape index (κ3) is 3.56. The van der Waals surface area contributed by atoms with E-state index < -0.39 is 26.9 Å². The second-order valence-corrected chi connectivity index (χ2v) is 7.11. The first kappa shape index (κ1) is 15.4. The van der Waals surface area contributed by atoms with E-state index in [-0.39, 0.29) is 16.3 Å². The third-order valence-electron chi connectivity index (χ3n) is 2.60. The molecule has 0 unspecified atom stereocenters. The molecular formula is C10H12N4O5S2. The van der Waals surface area contributed by atoms with Crippen molar-refractivity contribution in [2.45, 2.75) is 23.6 Å². The third-order valence-corrected chi connectivity index (χ3v) is 5.68. The Morgan fingerprint density at radius 2 is 2.29 bits per heavy atom. The maximum Gasteiger partial charge on any atom is 0.322 e. The maximum atomic E-state index is 12.2. The van der Waals surface area contributed by atoms with Gasteiger partial charge in [-0.25, -0.2) is 13.4 Å². The summed E-state index contributed by atoms with van der Waals surface area (Å²) in [6.45, 7) is 1.43. The summed E-state index contributed by atoms with van der Waals surface area (Å²) in [7, 11) is -4.10. The molecule has 2 rings (SSSR count). The molecule has 0 amide bonds. The first-order chi connectivity index (χ1) is 9.79. The van der Waals surface area contributed by atoms with Gasteiger partial charge in [0.1, 0.15) is 6.04 Å². The molecule has 4 N–H and O–H groups in total. The molecule has 0 aromatic carbocycles. The maximum absolute atomic E-state index is 12.2. The van der Waals surface area contributed by atoms with Crippen molar-refractivity contribution < 1.29 is 18.3 Å². The molecule has 9 nitrogen and oxygen atoms in total. The van der Waals surface area contributed by atoms with Crippen LogP contribution in [0.5, 0.6) is 0 Å². The quantitative estimate of drug-likeness (QED) is 0.558. The van der Waals surface area contributed by atoms with E-state index in [2.05, 4.69) is 19.7 Å². The van der Waals surface area contributed by atoms with E-state index in [4.69, 9.17) is 5.11 Å². The molecule has 0 aliphatic heterocycles. The number of aryl methyl sites for hydroxylation is 1. The van der Waals surface area contributed by atoms with Crippen molar-refractivity contribution in [2.75, 3.05) is 0 Å². The van der Waals surface area contributed by atoms with Crippen LogP contribution in [0.2, 0.25) is 0 Å². The van der Waals surface area contributed by atoms with E-state index in [0.29, 0.717) is 17.0 Å². The topological polar surface area (TPSA) is 145 Å². The fourth-order valence-corrected chi connectivity index (χ4v) is 4.19. The summed E-state index contributed by atoms with van der Waals surface area (Å²) in [5, 5.41) is 9.13. The average molecular weight is 332 g/mol. The number of imidazole rings is 1. The van der Waals surface area contributed by atoms with Crippen LogP contribution in [0.15, 0.2) is 21.5 Å². The molecule has 11 heteroatoms. The number of sulfonamides is 1. The number of hydrogen-bond acceptors (Lipinski definition) is 6. The van der Waals surface area contributed by atoms with Crippen LogP contribution < -0.4 is 9.60 Å². The van der Waals surface area contributed by atoms with Crippen molar-refractivity contribution in [3.8, 4) is 0 Å². The second kappa shape index (κ2) is 5.79. The number of carboxylic acid groups (broad SMARTS) is 1. The van der Waals surface area contributed by atoms with Gasteiger partial charge in [0.15, 0.2) is 4.21 Å².